The van der Waals surface area contributed by atoms with Gasteiger partial charge in [0.05, 0.1) is 12.0 Å². The number of hydrogen-bond donors (Lipinski definition) is 0. The highest BCUT2D eigenvalue weighted by Gasteiger charge is 2.27. The van der Waals surface area contributed by atoms with Crippen LogP contribution >= 0.6 is 11.6 Å². The standard InChI is InChI=1S/C14H21ClN2O/c1-3-18-14-10-6-9-13(16-14)17(2)12-8-5-4-7-11(12)15/h6,9-12H,3-5,7-8H2,1-2H3. The zero-order valence-corrected chi connectivity index (χ0v) is 11.9. The molecule has 2 unspecified atom stereocenters. The molecule has 0 spiro atoms. The zero-order valence-electron chi connectivity index (χ0n) is 11.1. The van der Waals surface area contributed by atoms with E-state index in [0.29, 0.717) is 18.5 Å². The third-order valence-corrected chi connectivity index (χ3v) is 4.02. The molecule has 2 rings (SSSR count). The molecule has 1 fully saturated rings. The molecular weight excluding hydrogens is 248 g/mol. The molecule has 0 aromatic carbocycles. The Kier molecular flexibility index (Phi) is 4.70. The molecule has 0 radical (unpaired) electrons. The summed E-state index contributed by atoms with van der Waals surface area (Å²) in [5, 5.41) is 0.223. The van der Waals surface area contributed by atoms with E-state index in [-0.39, 0.29) is 5.38 Å². The Balaban J connectivity index is 2.11. The molecule has 100 valence electrons. The van der Waals surface area contributed by atoms with E-state index < -0.39 is 0 Å². The van der Waals surface area contributed by atoms with Crippen molar-refractivity contribution in [2.75, 3.05) is 18.6 Å². The molecule has 1 aliphatic carbocycles. The second-order valence-corrected chi connectivity index (χ2v) is 5.31. The minimum Gasteiger partial charge on any atom is -0.478 e. The molecule has 4 heteroatoms. The van der Waals surface area contributed by atoms with Crippen molar-refractivity contribution in [1.82, 2.24) is 4.98 Å². The quantitative estimate of drug-likeness (QED) is 0.782. The van der Waals surface area contributed by atoms with Crippen LogP contribution in [0.2, 0.25) is 0 Å². The van der Waals surface area contributed by atoms with Gasteiger partial charge in [-0.2, -0.15) is 4.98 Å². The molecule has 1 heterocycles. The van der Waals surface area contributed by atoms with Crippen molar-refractivity contribution in [2.24, 2.45) is 0 Å². The van der Waals surface area contributed by atoms with Gasteiger partial charge in [-0.25, -0.2) is 0 Å². The van der Waals surface area contributed by atoms with Crippen LogP contribution in [0.3, 0.4) is 0 Å². The molecule has 1 aromatic heterocycles. The van der Waals surface area contributed by atoms with Gasteiger partial charge in [-0.1, -0.05) is 18.9 Å². The van der Waals surface area contributed by atoms with Gasteiger partial charge in [0.25, 0.3) is 0 Å². The van der Waals surface area contributed by atoms with E-state index in [1.54, 1.807) is 0 Å². The molecule has 3 nitrogen and oxygen atoms in total. The van der Waals surface area contributed by atoms with E-state index >= 15 is 0 Å². The molecule has 0 saturated heterocycles. The summed E-state index contributed by atoms with van der Waals surface area (Å²) in [4.78, 5) is 6.71. The first kappa shape index (κ1) is 13.5. The fourth-order valence-electron chi connectivity index (χ4n) is 2.50. The molecule has 18 heavy (non-hydrogen) atoms. The van der Waals surface area contributed by atoms with Crippen molar-refractivity contribution in [3.63, 3.8) is 0 Å². The molecule has 0 amide bonds. The highest BCUT2D eigenvalue weighted by molar-refractivity contribution is 6.21. The predicted molar refractivity (Wildman–Crippen MR) is 75.7 cm³/mol. The number of nitrogens with zero attached hydrogens (tertiary/aromatic N) is 2. The summed E-state index contributed by atoms with van der Waals surface area (Å²) >= 11 is 6.43. The number of ether oxygens (including phenoxy) is 1. The summed E-state index contributed by atoms with van der Waals surface area (Å²) in [6.45, 7) is 2.61. The lowest BCUT2D eigenvalue weighted by Gasteiger charge is -2.35. The lowest BCUT2D eigenvalue weighted by molar-refractivity contribution is 0.326. The van der Waals surface area contributed by atoms with E-state index in [9.17, 15) is 0 Å². The average Bonchev–Trinajstić information content (AvgIpc) is 2.39. The first-order chi connectivity index (χ1) is 8.72. The molecular formula is C14H21ClN2O. The van der Waals surface area contributed by atoms with Crippen LogP contribution in [0.4, 0.5) is 5.82 Å². The number of aromatic nitrogens is 1. The fraction of sp³-hybridized carbons (Fsp3) is 0.643. The van der Waals surface area contributed by atoms with E-state index in [1.807, 2.05) is 25.1 Å². The van der Waals surface area contributed by atoms with Crippen LogP contribution < -0.4 is 9.64 Å². The Morgan fingerprint density at radius 2 is 2.17 bits per heavy atom. The number of anilines is 1. The third kappa shape index (κ3) is 3.08. The number of hydrogen-bond acceptors (Lipinski definition) is 3. The van der Waals surface area contributed by atoms with Crippen molar-refractivity contribution < 1.29 is 4.74 Å². The summed E-state index contributed by atoms with van der Waals surface area (Å²) in [6.07, 6.45) is 4.74. The van der Waals surface area contributed by atoms with Crippen LogP contribution in [0.1, 0.15) is 32.6 Å². The van der Waals surface area contributed by atoms with Crippen molar-refractivity contribution in [3.8, 4) is 5.88 Å². The van der Waals surface area contributed by atoms with Crippen LogP contribution in [0.15, 0.2) is 18.2 Å². The summed E-state index contributed by atoms with van der Waals surface area (Å²) in [7, 11) is 2.07. The minimum atomic E-state index is 0.223. The van der Waals surface area contributed by atoms with Crippen molar-refractivity contribution >= 4 is 17.4 Å². The lowest BCUT2D eigenvalue weighted by Crippen LogP contribution is -2.41. The Hall–Kier alpha value is -0.960. The van der Waals surface area contributed by atoms with Gasteiger partial charge in [-0.15, -0.1) is 11.6 Å². The second-order valence-electron chi connectivity index (χ2n) is 4.75. The highest BCUT2D eigenvalue weighted by Crippen LogP contribution is 2.29. The smallest absolute Gasteiger partial charge is 0.215 e. The third-order valence-electron chi connectivity index (χ3n) is 3.51. The number of alkyl halides is 1. The number of rotatable bonds is 4. The van der Waals surface area contributed by atoms with Gasteiger partial charge in [0.1, 0.15) is 5.82 Å². The van der Waals surface area contributed by atoms with Crippen LogP contribution in [0.25, 0.3) is 0 Å². The van der Waals surface area contributed by atoms with Crippen molar-refractivity contribution in [1.29, 1.82) is 0 Å². The summed E-state index contributed by atoms with van der Waals surface area (Å²) < 4.78 is 5.44. The van der Waals surface area contributed by atoms with Gasteiger partial charge in [-0.3, -0.25) is 0 Å². The maximum atomic E-state index is 6.43. The molecule has 1 saturated carbocycles. The summed E-state index contributed by atoms with van der Waals surface area (Å²) in [6, 6.07) is 6.26. The highest BCUT2D eigenvalue weighted by atomic mass is 35.5. The van der Waals surface area contributed by atoms with E-state index in [0.717, 1.165) is 18.7 Å². The second kappa shape index (κ2) is 6.28. The van der Waals surface area contributed by atoms with Gasteiger partial charge in [0.15, 0.2) is 0 Å². The maximum absolute atomic E-state index is 6.43. The lowest BCUT2D eigenvalue weighted by atomic mass is 9.94. The monoisotopic (exact) mass is 268 g/mol. The average molecular weight is 269 g/mol. The maximum Gasteiger partial charge on any atom is 0.215 e. The summed E-state index contributed by atoms with van der Waals surface area (Å²) in [5.74, 6) is 1.63. The molecule has 0 aliphatic heterocycles. The largest absolute Gasteiger partial charge is 0.478 e. The van der Waals surface area contributed by atoms with Crippen molar-refractivity contribution in [3.05, 3.63) is 18.2 Å². The van der Waals surface area contributed by atoms with Gasteiger partial charge in [0, 0.05) is 19.2 Å². The van der Waals surface area contributed by atoms with Crippen LogP contribution in [-0.2, 0) is 0 Å². The number of halogens is 1. The van der Waals surface area contributed by atoms with Crippen LogP contribution in [0.5, 0.6) is 5.88 Å². The first-order valence-corrected chi connectivity index (χ1v) is 7.12. The normalized spacial score (nSPS) is 23.7. The van der Waals surface area contributed by atoms with Crippen LogP contribution in [-0.4, -0.2) is 30.1 Å². The molecule has 0 N–H and O–H groups in total. The van der Waals surface area contributed by atoms with Gasteiger partial charge < -0.3 is 9.64 Å². The number of pyridine rings is 1. The Labute approximate surface area is 114 Å². The molecule has 1 aliphatic rings. The predicted octanol–water partition coefficient (Wildman–Crippen LogP) is 3.47. The van der Waals surface area contributed by atoms with Gasteiger partial charge in [-0.05, 0) is 25.8 Å². The molecule has 0 bridgehead atoms. The van der Waals surface area contributed by atoms with E-state index in [1.165, 1.54) is 12.8 Å². The molecule has 2 atom stereocenters. The zero-order chi connectivity index (χ0) is 13.0. The Morgan fingerprint density at radius 3 is 2.89 bits per heavy atom. The summed E-state index contributed by atoms with van der Waals surface area (Å²) in [5.41, 5.74) is 0. The fourth-order valence-corrected chi connectivity index (χ4v) is 2.95. The Bertz CT molecular complexity index is 386. The van der Waals surface area contributed by atoms with Gasteiger partial charge in [0.2, 0.25) is 5.88 Å². The van der Waals surface area contributed by atoms with Crippen LogP contribution in [0, 0.1) is 0 Å². The molecule has 1 aromatic rings. The van der Waals surface area contributed by atoms with Gasteiger partial charge >= 0.3 is 0 Å². The van der Waals surface area contributed by atoms with E-state index in [2.05, 4.69) is 16.9 Å². The van der Waals surface area contributed by atoms with Crippen molar-refractivity contribution in [2.45, 2.75) is 44.0 Å². The SMILES string of the molecule is CCOc1cccc(N(C)C2CCCCC2Cl)n1. The first-order valence-electron chi connectivity index (χ1n) is 6.69. The Morgan fingerprint density at radius 1 is 1.39 bits per heavy atom. The topological polar surface area (TPSA) is 25.4 Å². The minimum absolute atomic E-state index is 0.223. The van der Waals surface area contributed by atoms with E-state index in [4.69, 9.17) is 16.3 Å².